The lowest BCUT2D eigenvalue weighted by molar-refractivity contribution is -0.157. The third kappa shape index (κ3) is 6.17. The Balaban J connectivity index is 2.37. The average Bonchev–Trinajstić information content (AvgIpc) is 2.47. The van der Waals surface area contributed by atoms with Crippen molar-refractivity contribution in [3.63, 3.8) is 0 Å². The van der Waals surface area contributed by atoms with Crippen LogP contribution < -0.4 is 0 Å². The van der Waals surface area contributed by atoms with Crippen molar-refractivity contribution in [2.75, 3.05) is 6.61 Å². The van der Waals surface area contributed by atoms with Crippen LogP contribution in [-0.2, 0) is 20.9 Å². The molecule has 0 unspecified atom stereocenters. The quantitative estimate of drug-likeness (QED) is 0.707. The molecule has 0 aromatic heterocycles. The molecule has 0 spiro atoms. The molecule has 2 atom stereocenters. The van der Waals surface area contributed by atoms with Crippen molar-refractivity contribution >= 4 is 5.97 Å². The monoisotopic (exact) mass is 280 g/mol. The van der Waals surface area contributed by atoms with Crippen molar-refractivity contribution in [2.24, 2.45) is 0 Å². The minimum absolute atomic E-state index is 0.163. The van der Waals surface area contributed by atoms with E-state index >= 15 is 0 Å². The van der Waals surface area contributed by atoms with Crippen LogP contribution in [0.1, 0.15) is 38.7 Å². The molecule has 1 rings (SSSR count). The second-order valence-corrected chi connectivity index (χ2v) is 4.74. The Kier molecular flexibility index (Phi) is 7.92. The van der Waals surface area contributed by atoms with E-state index in [0.29, 0.717) is 19.4 Å². The van der Waals surface area contributed by atoms with Gasteiger partial charge >= 0.3 is 5.97 Å². The molecule has 1 aromatic carbocycles. The molecule has 0 bridgehead atoms. The highest BCUT2D eigenvalue weighted by atomic mass is 16.6. The summed E-state index contributed by atoms with van der Waals surface area (Å²) in [5, 5.41) is 10.1. The Bertz CT molecular complexity index is 377. The lowest BCUT2D eigenvalue weighted by Crippen LogP contribution is -2.34. The zero-order chi connectivity index (χ0) is 14.8. The number of ether oxygens (including phenoxy) is 2. The van der Waals surface area contributed by atoms with Gasteiger partial charge in [-0.05, 0) is 12.0 Å². The molecule has 4 heteroatoms. The van der Waals surface area contributed by atoms with Gasteiger partial charge in [0.2, 0.25) is 0 Å². The molecule has 0 aliphatic rings. The topological polar surface area (TPSA) is 55.8 Å². The number of esters is 1. The lowest BCUT2D eigenvalue weighted by atomic mass is 10.1. The van der Waals surface area contributed by atoms with Crippen LogP contribution in [-0.4, -0.2) is 29.9 Å². The molecular weight excluding hydrogens is 256 g/mol. The number of hydrogen-bond acceptors (Lipinski definition) is 4. The standard InChI is InChI=1S/C16H24O4/c1-3-8-15(20-16(18)4-2)14(17)12-19-11-13-9-6-5-7-10-13/h5-7,9-10,14-15,17H,3-4,8,11-12H2,1-2H3/t14-,15-/m0/s1. The predicted octanol–water partition coefficient (Wildman–Crippen LogP) is 2.69. The summed E-state index contributed by atoms with van der Waals surface area (Å²) >= 11 is 0. The molecule has 0 radical (unpaired) electrons. The van der Waals surface area contributed by atoms with Gasteiger partial charge in [0.15, 0.2) is 0 Å². The minimum Gasteiger partial charge on any atom is -0.460 e. The van der Waals surface area contributed by atoms with Crippen LogP contribution in [0.5, 0.6) is 0 Å². The summed E-state index contributed by atoms with van der Waals surface area (Å²) in [6, 6.07) is 9.76. The molecule has 0 aliphatic heterocycles. The van der Waals surface area contributed by atoms with E-state index in [4.69, 9.17) is 9.47 Å². The molecule has 0 heterocycles. The maximum atomic E-state index is 11.3. The summed E-state index contributed by atoms with van der Waals surface area (Å²) < 4.78 is 10.7. The molecular formula is C16H24O4. The van der Waals surface area contributed by atoms with Crippen molar-refractivity contribution in [1.29, 1.82) is 0 Å². The van der Waals surface area contributed by atoms with Crippen LogP contribution in [0.2, 0.25) is 0 Å². The summed E-state index contributed by atoms with van der Waals surface area (Å²) in [5.74, 6) is -0.287. The van der Waals surface area contributed by atoms with Crippen LogP contribution in [0, 0.1) is 0 Å². The predicted molar refractivity (Wildman–Crippen MR) is 77.2 cm³/mol. The Morgan fingerprint density at radius 3 is 2.55 bits per heavy atom. The second-order valence-electron chi connectivity index (χ2n) is 4.74. The molecule has 1 aromatic rings. The van der Waals surface area contributed by atoms with E-state index in [-0.39, 0.29) is 12.6 Å². The number of rotatable bonds is 9. The molecule has 0 aliphatic carbocycles. The zero-order valence-electron chi connectivity index (χ0n) is 12.2. The van der Waals surface area contributed by atoms with Gasteiger partial charge in [0, 0.05) is 6.42 Å². The third-order valence-corrected chi connectivity index (χ3v) is 2.97. The van der Waals surface area contributed by atoms with Crippen molar-refractivity contribution < 1.29 is 19.4 Å². The first-order chi connectivity index (χ1) is 9.67. The van der Waals surface area contributed by atoms with Gasteiger partial charge in [0.1, 0.15) is 12.2 Å². The highest BCUT2D eigenvalue weighted by molar-refractivity contribution is 5.69. The summed E-state index contributed by atoms with van der Waals surface area (Å²) in [4.78, 5) is 11.3. The molecule has 112 valence electrons. The second kappa shape index (κ2) is 9.50. The van der Waals surface area contributed by atoms with E-state index in [1.807, 2.05) is 37.3 Å². The SMILES string of the molecule is CCC[C@H](OC(=O)CC)[C@@H](O)COCc1ccccc1. The highest BCUT2D eigenvalue weighted by Gasteiger charge is 2.22. The van der Waals surface area contributed by atoms with Crippen molar-refractivity contribution in [3.8, 4) is 0 Å². The van der Waals surface area contributed by atoms with Gasteiger partial charge in [-0.25, -0.2) is 0 Å². The van der Waals surface area contributed by atoms with Gasteiger partial charge in [-0.2, -0.15) is 0 Å². The van der Waals surface area contributed by atoms with E-state index in [1.54, 1.807) is 6.92 Å². The molecule has 4 nitrogen and oxygen atoms in total. The average molecular weight is 280 g/mol. The number of aliphatic hydroxyl groups is 1. The van der Waals surface area contributed by atoms with E-state index in [2.05, 4.69) is 0 Å². The van der Waals surface area contributed by atoms with E-state index in [9.17, 15) is 9.90 Å². The third-order valence-electron chi connectivity index (χ3n) is 2.97. The highest BCUT2D eigenvalue weighted by Crippen LogP contribution is 2.10. The Hall–Kier alpha value is -1.39. The van der Waals surface area contributed by atoms with Crippen LogP contribution in [0.4, 0.5) is 0 Å². The minimum atomic E-state index is -0.783. The van der Waals surface area contributed by atoms with Crippen LogP contribution in [0.25, 0.3) is 0 Å². The summed E-state index contributed by atoms with van der Waals surface area (Å²) in [5.41, 5.74) is 1.05. The van der Waals surface area contributed by atoms with Crippen LogP contribution in [0.3, 0.4) is 0 Å². The van der Waals surface area contributed by atoms with Gasteiger partial charge in [0.05, 0.1) is 13.2 Å². The van der Waals surface area contributed by atoms with Crippen LogP contribution >= 0.6 is 0 Å². The molecule has 20 heavy (non-hydrogen) atoms. The first-order valence-corrected chi connectivity index (χ1v) is 7.16. The molecule has 0 saturated heterocycles. The lowest BCUT2D eigenvalue weighted by Gasteiger charge is -2.22. The number of carbonyl (C=O) groups excluding carboxylic acids is 1. The first kappa shape index (κ1) is 16.7. The Morgan fingerprint density at radius 2 is 1.95 bits per heavy atom. The molecule has 0 fully saturated rings. The van der Waals surface area contributed by atoms with E-state index in [0.717, 1.165) is 12.0 Å². The fraction of sp³-hybridized carbons (Fsp3) is 0.562. The van der Waals surface area contributed by atoms with Crippen molar-refractivity contribution in [1.82, 2.24) is 0 Å². The fourth-order valence-corrected chi connectivity index (χ4v) is 1.85. The van der Waals surface area contributed by atoms with E-state index in [1.165, 1.54) is 0 Å². The Morgan fingerprint density at radius 1 is 1.25 bits per heavy atom. The van der Waals surface area contributed by atoms with E-state index < -0.39 is 12.2 Å². The maximum Gasteiger partial charge on any atom is 0.305 e. The number of carbonyl (C=O) groups is 1. The smallest absolute Gasteiger partial charge is 0.305 e. The van der Waals surface area contributed by atoms with Gasteiger partial charge < -0.3 is 14.6 Å². The van der Waals surface area contributed by atoms with Crippen LogP contribution in [0.15, 0.2) is 30.3 Å². The normalized spacial score (nSPS) is 13.8. The summed E-state index contributed by atoms with van der Waals surface area (Å²) in [6.07, 6.45) is 0.536. The van der Waals surface area contributed by atoms with Gasteiger partial charge in [-0.15, -0.1) is 0 Å². The summed E-state index contributed by atoms with van der Waals surface area (Å²) in [7, 11) is 0. The van der Waals surface area contributed by atoms with Gasteiger partial charge in [-0.1, -0.05) is 50.6 Å². The first-order valence-electron chi connectivity index (χ1n) is 7.16. The molecule has 1 N–H and O–H groups in total. The number of hydrogen-bond donors (Lipinski definition) is 1. The number of benzene rings is 1. The zero-order valence-corrected chi connectivity index (χ0v) is 12.2. The maximum absolute atomic E-state index is 11.3. The molecule has 0 amide bonds. The largest absolute Gasteiger partial charge is 0.460 e. The van der Waals surface area contributed by atoms with Crippen molar-refractivity contribution in [3.05, 3.63) is 35.9 Å². The summed E-state index contributed by atoms with van der Waals surface area (Å²) in [6.45, 7) is 4.34. The van der Waals surface area contributed by atoms with Crippen molar-refractivity contribution in [2.45, 2.75) is 51.9 Å². The Labute approximate surface area is 120 Å². The number of aliphatic hydroxyl groups excluding tert-OH is 1. The fourth-order valence-electron chi connectivity index (χ4n) is 1.85. The molecule has 0 saturated carbocycles. The van der Waals surface area contributed by atoms with Gasteiger partial charge in [-0.3, -0.25) is 4.79 Å². The van der Waals surface area contributed by atoms with Gasteiger partial charge in [0.25, 0.3) is 0 Å².